The van der Waals surface area contributed by atoms with Gasteiger partial charge in [-0.1, -0.05) is 17.2 Å². The third kappa shape index (κ3) is 5.91. The van der Waals surface area contributed by atoms with Crippen molar-refractivity contribution in [3.63, 3.8) is 0 Å². The van der Waals surface area contributed by atoms with E-state index < -0.39 is 0 Å². The fourth-order valence-corrected chi connectivity index (χ4v) is 2.71. The minimum atomic E-state index is -0.318. The topological polar surface area (TPSA) is 77.3 Å². The van der Waals surface area contributed by atoms with Crippen molar-refractivity contribution in [1.29, 1.82) is 0 Å². The molecule has 146 valence electrons. The van der Waals surface area contributed by atoms with E-state index in [0.29, 0.717) is 23.6 Å². The van der Waals surface area contributed by atoms with Crippen molar-refractivity contribution in [2.75, 3.05) is 12.3 Å². The van der Waals surface area contributed by atoms with Crippen molar-refractivity contribution in [2.24, 2.45) is 0 Å². The average molecular weight is 370 g/mol. The van der Waals surface area contributed by atoms with Crippen molar-refractivity contribution in [2.45, 2.75) is 53.6 Å². The first-order valence-electron chi connectivity index (χ1n) is 9.32. The quantitative estimate of drug-likeness (QED) is 0.508. The molecule has 0 aliphatic carbocycles. The Hall–Kier alpha value is -2.69. The highest BCUT2D eigenvalue weighted by Crippen LogP contribution is 2.33. The fraction of sp³-hybridized carbons (Fsp3) is 0.409. The minimum Gasteiger partial charge on any atom is -0.485 e. The predicted octanol–water partition coefficient (Wildman–Crippen LogP) is 4.97. The molecule has 1 heterocycles. The van der Waals surface area contributed by atoms with Gasteiger partial charge in [0.25, 0.3) is 5.56 Å². The first kappa shape index (κ1) is 20.6. The van der Waals surface area contributed by atoms with Gasteiger partial charge in [0.1, 0.15) is 6.61 Å². The van der Waals surface area contributed by atoms with Crippen LogP contribution in [-0.2, 0) is 0 Å². The molecule has 0 spiro atoms. The van der Waals surface area contributed by atoms with Crippen LogP contribution in [0.2, 0.25) is 0 Å². The van der Waals surface area contributed by atoms with Gasteiger partial charge in [0.2, 0.25) is 5.75 Å². The number of pyridine rings is 1. The van der Waals surface area contributed by atoms with E-state index in [1.165, 1.54) is 11.1 Å². The van der Waals surface area contributed by atoms with Crippen LogP contribution in [0, 0.1) is 0 Å². The lowest BCUT2D eigenvalue weighted by atomic mass is 10.1. The summed E-state index contributed by atoms with van der Waals surface area (Å²) in [5.41, 5.74) is 9.31. The summed E-state index contributed by atoms with van der Waals surface area (Å²) in [5.74, 6) is 0.661. The van der Waals surface area contributed by atoms with Gasteiger partial charge < -0.3 is 20.2 Å². The SMILES string of the molecule is CC(C)=CCCC(C)=CCOc1c(OC(C)C)c(=O)[nH]c2cc(N)ccc12. The van der Waals surface area contributed by atoms with E-state index in [1.807, 2.05) is 26.0 Å². The number of hydrogen-bond acceptors (Lipinski definition) is 4. The predicted molar refractivity (Wildman–Crippen MR) is 113 cm³/mol. The van der Waals surface area contributed by atoms with Crippen LogP contribution in [0.25, 0.3) is 10.9 Å². The maximum absolute atomic E-state index is 12.5. The number of aromatic amines is 1. The van der Waals surface area contributed by atoms with Gasteiger partial charge in [-0.2, -0.15) is 0 Å². The highest BCUT2D eigenvalue weighted by molar-refractivity contribution is 5.89. The van der Waals surface area contributed by atoms with E-state index in [4.69, 9.17) is 15.2 Å². The van der Waals surface area contributed by atoms with E-state index in [9.17, 15) is 4.79 Å². The van der Waals surface area contributed by atoms with E-state index in [2.05, 4.69) is 31.8 Å². The normalized spacial score (nSPS) is 11.7. The fourth-order valence-electron chi connectivity index (χ4n) is 2.71. The highest BCUT2D eigenvalue weighted by atomic mass is 16.5. The average Bonchev–Trinajstić information content (AvgIpc) is 2.56. The summed E-state index contributed by atoms with van der Waals surface area (Å²) in [6, 6.07) is 5.35. The molecule has 0 aliphatic rings. The van der Waals surface area contributed by atoms with Gasteiger partial charge in [-0.05, 0) is 71.7 Å². The number of rotatable bonds is 8. The number of hydrogen-bond donors (Lipinski definition) is 2. The second kappa shape index (κ2) is 9.31. The van der Waals surface area contributed by atoms with Crippen LogP contribution in [0.4, 0.5) is 5.69 Å². The highest BCUT2D eigenvalue weighted by Gasteiger charge is 2.17. The lowest BCUT2D eigenvalue weighted by Crippen LogP contribution is -2.18. The zero-order valence-electron chi connectivity index (χ0n) is 16.9. The second-order valence-electron chi connectivity index (χ2n) is 7.27. The molecule has 1 aromatic carbocycles. The molecule has 0 saturated heterocycles. The lowest BCUT2D eigenvalue weighted by molar-refractivity contribution is 0.224. The minimum absolute atomic E-state index is 0.138. The summed E-state index contributed by atoms with van der Waals surface area (Å²) in [5, 5.41) is 0.773. The number of nitrogens with two attached hydrogens (primary N) is 1. The van der Waals surface area contributed by atoms with E-state index in [0.717, 1.165) is 18.2 Å². The maximum Gasteiger partial charge on any atom is 0.294 e. The standard InChI is InChI=1S/C22H30N2O3/c1-14(2)7-6-8-16(5)11-12-26-20-18-10-9-17(23)13-19(18)24-22(25)21(20)27-15(3)4/h7,9-11,13,15H,6,8,12,23H2,1-5H3,(H,24,25). The Morgan fingerprint density at radius 1 is 1.19 bits per heavy atom. The van der Waals surface area contributed by atoms with E-state index in [1.54, 1.807) is 12.1 Å². The second-order valence-corrected chi connectivity index (χ2v) is 7.27. The number of allylic oxidation sites excluding steroid dienone is 3. The van der Waals surface area contributed by atoms with Crippen LogP contribution in [0.15, 0.2) is 46.3 Å². The molecule has 0 amide bonds. The van der Waals surface area contributed by atoms with Crippen LogP contribution in [-0.4, -0.2) is 17.7 Å². The van der Waals surface area contributed by atoms with Crippen LogP contribution in [0.5, 0.6) is 11.5 Å². The Morgan fingerprint density at radius 2 is 1.93 bits per heavy atom. The van der Waals surface area contributed by atoms with Crippen LogP contribution >= 0.6 is 0 Å². The van der Waals surface area contributed by atoms with Gasteiger partial charge in [-0.15, -0.1) is 0 Å². The zero-order chi connectivity index (χ0) is 20.0. The van der Waals surface area contributed by atoms with Gasteiger partial charge in [0.05, 0.1) is 11.6 Å². The molecule has 0 aliphatic heterocycles. The van der Waals surface area contributed by atoms with E-state index >= 15 is 0 Å². The molecular weight excluding hydrogens is 340 g/mol. The smallest absolute Gasteiger partial charge is 0.294 e. The van der Waals surface area contributed by atoms with Crippen molar-refractivity contribution >= 4 is 16.6 Å². The van der Waals surface area contributed by atoms with Crippen molar-refractivity contribution < 1.29 is 9.47 Å². The maximum atomic E-state index is 12.5. The number of H-pyrrole nitrogens is 1. The number of anilines is 1. The number of nitrogen functional groups attached to an aromatic ring is 1. The molecule has 0 unspecified atom stereocenters. The number of aromatic nitrogens is 1. The molecule has 0 bridgehead atoms. The number of ether oxygens (including phenoxy) is 2. The molecule has 0 atom stereocenters. The molecular formula is C22H30N2O3. The Morgan fingerprint density at radius 3 is 2.59 bits per heavy atom. The summed E-state index contributed by atoms with van der Waals surface area (Å²) in [6.45, 7) is 10.4. The van der Waals surface area contributed by atoms with Gasteiger partial charge >= 0.3 is 0 Å². The van der Waals surface area contributed by atoms with Crippen LogP contribution < -0.4 is 20.8 Å². The van der Waals surface area contributed by atoms with Gasteiger partial charge in [0, 0.05) is 11.1 Å². The number of benzene rings is 1. The summed E-state index contributed by atoms with van der Waals surface area (Å²) < 4.78 is 11.7. The van der Waals surface area contributed by atoms with Crippen molar-refractivity contribution in [3.8, 4) is 11.5 Å². The van der Waals surface area contributed by atoms with Crippen molar-refractivity contribution in [1.82, 2.24) is 4.98 Å². The van der Waals surface area contributed by atoms with Crippen LogP contribution in [0.1, 0.15) is 47.5 Å². The molecule has 27 heavy (non-hydrogen) atoms. The number of nitrogens with one attached hydrogen (secondary N) is 1. The summed E-state index contributed by atoms with van der Waals surface area (Å²) in [4.78, 5) is 15.3. The molecule has 5 heteroatoms. The molecule has 1 aromatic heterocycles. The third-order valence-electron chi connectivity index (χ3n) is 4.05. The molecule has 3 N–H and O–H groups in total. The lowest BCUT2D eigenvalue weighted by Gasteiger charge is -2.16. The summed E-state index contributed by atoms with van der Waals surface area (Å²) in [7, 11) is 0. The van der Waals surface area contributed by atoms with Crippen molar-refractivity contribution in [3.05, 3.63) is 51.9 Å². The summed E-state index contributed by atoms with van der Waals surface area (Å²) in [6.07, 6.45) is 6.13. The largest absolute Gasteiger partial charge is 0.485 e. The number of fused-ring (bicyclic) bond motifs is 1. The third-order valence-corrected chi connectivity index (χ3v) is 4.05. The molecule has 0 fully saturated rings. The van der Waals surface area contributed by atoms with E-state index in [-0.39, 0.29) is 17.4 Å². The summed E-state index contributed by atoms with van der Waals surface area (Å²) >= 11 is 0. The molecule has 0 saturated carbocycles. The molecule has 5 nitrogen and oxygen atoms in total. The van der Waals surface area contributed by atoms with Gasteiger partial charge in [-0.25, -0.2) is 0 Å². The van der Waals surface area contributed by atoms with Crippen LogP contribution in [0.3, 0.4) is 0 Å². The molecule has 2 rings (SSSR count). The van der Waals surface area contributed by atoms with Gasteiger partial charge in [0.15, 0.2) is 5.75 Å². The Labute approximate surface area is 160 Å². The Balaban J connectivity index is 2.29. The Bertz CT molecular complexity index is 904. The zero-order valence-corrected chi connectivity index (χ0v) is 16.9. The molecule has 0 radical (unpaired) electrons. The first-order chi connectivity index (χ1) is 12.8. The monoisotopic (exact) mass is 370 g/mol. The Kier molecular flexibility index (Phi) is 7.11. The molecule has 2 aromatic rings. The van der Waals surface area contributed by atoms with Gasteiger partial charge in [-0.3, -0.25) is 4.79 Å². The first-order valence-corrected chi connectivity index (χ1v) is 9.32.